The molecule has 0 saturated carbocycles. The van der Waals surface area contributed by atoms with E-state index in [-0.39, 0.29) is 18.1 Å². The van der Waals surface area contributed by atoms with Gasteiger partial charge < -0.3 is 5.32 Å². The molecule has 0 aliphatic rings. The highest BCUT2D eigenvalue weighted by Gasteiger charge is 2.13. The van der Waals surface area contributed by atoms with Crippen molar-refractivity contribution in [3.8, 4) is 11.3 Å². The van der Waals surface area contributed by atoms with Gasteiger partial charge in [-0.25, -0.2) is 9.37 Å². The van der Waals surface area contributed by atoms with E-state index in [2.05, 4.69) is 10.3 Å². The van der Waals surface area contributed by atoms with E-state index in [1.807, 2.05) is 34.2 Å². The van der Waals surface area contributed by atoms with E-state index < -0.39 is 0 Å². The smallest absolute Gasteiger partial charge is 0.226 e. The highest BCUT2D eigenvalue weighted by atomic mass is 35.5. The fourth-order valence-electron chi connectivity index (χ4n) is 2.78. The summed E-state index contributed by atoms with van der Waals surface area (Å²) < 4.78 is 15.0. The van der Waals surface area contributed by atoms with Crippen LogP contribution in [0.5, 0.6) is 0 Å². The molecule has 0 unspecified atom stereocenters. The highest BCUT2D eigenvalue weighted by molar-refractivity contribution is 7.15. The summed E-state index contributed by atoms with van der Waals surface area (Å²) in [6, 6.07) is 13.6. The van der Waals surface area contributed by atoms with Gasteiger partial charge in [0.1, 0.15) is 5.82 Å². The predicted octanol–water partition coefficient (Wildman–Crippen LogP) is 4.71. The Kier molecular flexibility index (Phi) is 4.92. The maximum atomic E-state index is 13.1. The van der Waals surface area contributed by atoms with Crippen LogP contribution in [0.4, 0.5) is 4.39 Å². The molecule has 0 aliphatic heterocycles. The maximum Gasteiger partial charge on any atom is 0.226 e. The second kappa shape index (κ2) is 7.50. The highest BCUT2D eigenvalue weighted by Crippen LogP contribution is 2.24. The summed E-state index contributed by atoms with van der Waals surface area (Å²) in [6.45, 7) is 0.385. The molecule has 1 amide bonds. The number of thiazole rings is 1. The summed E-state index contributed by atoms with van der Waals surface area (Å²) in [6.07, 6.45) is 2.11. The minimum absolute atomic E-state index is 0.0911. The fourth-order valence-corrected chi connectivity index (χ4v) is 3.85. The number of halogens is 2. The van der Waals surface area contributed by atoms with Gasteiger partial charge in [-0.15, -0.1) is 11.3 Å². The van der Waals surface area contributed by atoms with Gasteiger partial charge in [0.15, 0.2) is 4.96 Å². The van der Waals surface area contributed by atoms with Gasteiger partial charge >= 0.3 is 0 Å². The largest absolute Gasteiger partial charge is 0.352 e. The van der Waals surface area contributed by atoms with Gasteiger partial charge in [-0.2, -0.15) is 0 Å². The van der Waals surface area contributed by atoms with Crippen molar-refractivity contribution in [1.82, 2.24) is 14.7 Å². The Morgan fingerprint density at radius 1 is 1.19 bits per heavy atom. The third kappa shape index (κ3) is 3.86. The lowest BCUT2D eigenvalue weighted by Crippen LogP contribution is -2.25. The van der Waals surface area contributed by atoms with E-state index in [0.717, 1.165) is 27.5 Å². The zero-order chi connectivity index (χ0) is 18.8. The lowest BCUT2D eigenvalue weighted by atomic mass is 10.2. The number of carbonyl (C=O) groups excluding carboxylic acids is 1. The molecule has 0 spiro atoms. The number of fused-ring (bicyclic) bond motifs is 1. The lowest BCUT2D eigenvalue weighted by Gasteiger charge is -2.06. The van der Waals surface area contributed by atoms with Crippen molar-refractivity contribution < 1.29 is 9.18 Å². The normalized spacial score (nSPS) is 11.0. The number of hydrogen-bond acceptors (Lipinski definition) is 3. The van der Waals surface area contributed by atoms with Crippen LogP contribution in [0.1, 0.15) is 11.3 Å². The van der Waals surface area contributed by atoms with Crippen molar-refractivity contribution in [3.05, 3.63) is 82.2 Å². The number of carbonyl (C=O) groups is 1. The molecule has 0 saturated heterocycles. The number of imidazole rings is 1. The van der Waals surface area contributed by atoms with Gasteiger partial charge in [-0.3, -0.25) is 9.20 Å². The molecule has 0 fully saturated rings. The molecule has 2 aromatic heterocycles. The van der Waals surface area contributed by atoms with Crippen LogP contribution < -0.4 is 5.32 Å². The molecule has 1 N–H and O–H groups in total. The Morgan fingerprint density at radius 3 is 2.74 bits per heavy atom. The first-order valence-corrected chi connectivity index (χ1v) is 9.57. The van der Waals surface area contributed by atoms with Gasteiger partial charge in [0.2, 0.25) is 5.91 Å². The van der Waals surface area contributed by atoms with Crippen molar-refractivity contribution in [2.45, 2.75) is 13.0 Å². The average molecular weight is 400 g/mol. The SMILES string of the molecule is O=C(Cc1csc2nc(-c3ccc(F)cc3)cn12)NCc1ccccc1Cl. The van der Waals surface area contributed by atoms with Crippen LogP contribution in [0, 0.1) is 5.82 Å². The first-order chi connectivity index (χ1) is 13.1. The minimum atomic E-state index is -0.282. The molecule has 27 heavy (non-hydrogen) atoms. The standard InChI is InChI=1S/C20H15ClFN3OS/c21-17-4-2-1-3-14(17)10-23-19(26)9-16-12-27-20-24-18(11-25(16)20)13-5-7-15(22)8-6-13/h1-8,11-12H,9-10H2,(H,23,26). The Morgan fingerprint density at radius 2 is 1.96 bits per heavy atom. The van der Waals surface area contributed by atoms with Gasteiger partial charge in [0.25, 0.3) is 0 Å². The van der Waals surface area contributed by atoms with E-state index in [1.54, 1.807) is 18.2 Å². The second-order valence-corrected chi connectivity index (χ2v) is 7.30. The van der Waals surface area contributed by atoms with E-state index in [1.165, 1.54) is 23.5 Å². The number of rotatable bonds is 5. The van der Waals surface area contributed by atoms with E-state index >= 15 is 0 Å². The Balaban J connectivity index is 1.48. The van der Waals surface area contributed by atoms with Gasteiger partial charge in [-0.1, -0.05) is 29.8 Å². The Labute approximate surface area is 164 Å². The van der Waals surface area contributed by atoms with Crippen LogP contribution >= 0.6 is 22.9 Å². The minimum Gasteiger partial charge on any atom is -0.352 e. The van der Waals surface area contributed by atoms with E-state index in [0.29, 0.717) is 11.6 Å². The van der Waals surface area contributed by atoms with Crippen molar-refractivity contribution in [3.63, 3.8) is 0 Å². The molecule has 4 nitrogen and oxygen atoms in total. The summed E-state index contributed by atoms with van der Waals surface area (Å²) >= 11 is 7.58. The molecule has 0 atom stereocenters. The van der Waals surface area contributed by atoms with Gasteiger partial charge in [-0.05, 0) is 35.9 Å². The fraction of sp³-hybridized carbons (Fsp3) is 0.100. The molecule has 4 aromatic rings. The Bertz CT molecular complexity index is 1100. The third-order valence-corrected chi connectivity index (χ3v) is 5.46. The molecule has 4 rings (SSSR count). The number of nitrogens with zero attached hydrogens (tertiary/aromatic N) is 2. The molecule has 0 radical (unpaired) electrons. The van der Waals surface area contributed by atoms with Crippen LogP contribution in [0.25, 0.3) is 16.2 Å². The number of nitrogens with one attached hydrogen (secondary N) is 1. The summed E-state index contributed by atoms with van der Waals surface area (Å²) in [5, 5.41) is 5.45. The summed E-state index contributed by atoms with van der Waals surface area (Å²) in [7, 11) is 0. The van der Waals surface area contributed by atoms with Crippen molar-refractivity contribution >= 4 is 33.8 Å². The van der Waals surface area contributed by atoms with Crippen LogP contribution in [0.15, 0.2) is 60.1 Å². The molecular formula is C20H15ClFN3OS. The van der Waals surface area contributed by atoms with Crippen LogP contribution in [0.2, 0.25) is 5.02 Å². The summed E-state index contributed by atoms with van der Waals surface area (Å²) in [4.78, 5) is 17.7. The van der Waals surface area contributed by atoms with Crippen molar-refractivity contribution in [2.75, 3.05) is 0 Å². The topological polar surface area (TPSA) is 46.4 Å². The molecular weight excluding hydrogens is 385 g/mol. The van der Waals surface area contributed by atoms with E-state index in [4.69, 9.17) is 11.6 Å². The first kappa shape index (κ1) is 17.7. The number of aromatic nitrogens is 2. The monoisotopic (exact) mass is 399 g/mol. The molecule has 0 bridgehead atoms. The first-order valence-electron chi connectivity index (χ1n) is 8.31. The molecule has 7 heteroatoms. The second-order valence-electron chi connectivity index (χ2n) is 6.06. The molecule has 136 valence electrons. The molecule has 2 aromatic carbocycles. The van der Waals surface area contributed by atoms with Gasteiger partial charge in [0, 0.05) is 34.4 Å². The van der Waals surface area contributed by atoms with Gasteiger partial charge in [0.05, 0.1) is 12.1 Å². The molecule has 2 heterocycles. The van der Waals surface area contributed by atoms with Crippen molar-refractivity contribution in [1.29, 1.82) is 0 Å². The predicted molar refractivity (Wildman–Crippen MR) is 105 cm³/mol. The van der Waals surface area contributed by atoms with Crippen LogP contribution in [-0.2, 0) is 17.8 Å². The zero-order valence-electron chi connectivity index (χ0n) is 14.2. The number of hydrogen-bond donors (Lipinski definition) is 1. The zero-order valence-corrected chi connectivity index (χ0v) is 15.7. The maximum absolute atomic E-state index is 13.1. The quantitative estimate of drug-likeness (QED) is 0.528. The number of benzene rings is 2. The lowest BCUT2D eigenvalue weighted by molar-refractivity contribution is -0.120. The van der Waals surface area contributed by atoms with Crippen LogP contribution in [-0.4, -0.2) is 15.3 Å². The summed E-state index contributed by atoms with van der Waals surface area (Å²) in [5.41, 5.74) is 3.32. The summed E-state index contributed by atoms with van der Waals surface area (Å²) in [5.74, 6) is -0.373. The Hall–Kier alpha value is -2.70. The van der Waals surface area contributed by atoms with E-state index in [9.17, 15) is 9.18 Å². The number of amides is 1. The van der Waals surface area contributed by atoms with Crippen LogP contribution in [0.3, 0.4) is 0 Å². The molecule has 0 aliphatic carbocycles. The van der Waals surface area contributed by atoms with Crippen molar-refractivity contribution in [2.24, 2.45) is 0 Å². The third-order valence-electron chi connectivity index (χ3n) is 4.20. The average Bonchev–Trinajstić information content (AvgIpc) is 3.24.